The van der Waals surface area contributed by atoms with E-state index in [0.717, 1.165) is 0 Å². The molecule has 1 aromatic rings. The molecule has 0 saturated carbocycles. The second-order valence-electron chi connectivity index (χ2n) is 4.94. The first-order chi connectivity index (χ1) is 8.78. The fourth-order valence-electron chi connectivity index (χ4n) is 1.28. The third-order valence-corrected chi connectivity index (χ3v) is 2.38. The highest BCUT2D eigenvalue weighted by atomic mass is 35.5. The van der Waals surface area contributed by atoms with Crippen molar-refractivity contribution in [1.29, 1.82) is 0 Å². The zero-order chi connectivity index (χ0) is 14.5. The van der Waals surface area contributed by atoms with E-state index >= 15 is 0 Å². The van der Waals surface area contributed by atoms with Gasteiger partial charge in [0.05, 0.1) is 6.42 Å². The van der Waals surface area contributed by atoms with Crippen molar-refractivity contribution in [2.45, 2.75) is 32.8 Å². The van der Waals surface area contributed by atoms with E-state index in [9.17, 15) is 9.59 Å². The van der Waals surface area contributed by atoms with Gasteiger partial charge >= 0.3 is 6.09 Å². The minimum atomic E-state index is -0.708. The summed E-state index contributed by atoms with van der Waals surface area (Å²) >= 11 is 5.93. The summed E-state index contributed by atoms with van der Waals surface area (Å²) < 4.78 is 4.97. The summed E-state index contributed by atoms with van der Waals surface area (Å²) in [6.45, 7) is 5.20. The van der Waals surface area contributed by atoms with Gasteiger partial charge in [0.25, 0.3) is 0 Å². The highest BCUT2D eigenvalue weighted by Gasteiger charge is 2.16. The van der Waals surface area contributed by atoms with Gasteiger partial charge in [0.2, 0.25) is 5.91 Å². The van der Waals surface area contributed by atoms with Gasteiger partial charge in [-0.25, -0.2) is 10.2 Å². The lowest BCUT2D eigenvalue weighted by atomic mass is 10.1. The van der Waals surface area contributed by atoms with Crippen molar-refractivity contribution in [2.24, 2.45) is 0 Å². The summed E-state index contributed by atoms with van der Waals surface area (Å²) in [5.41, 5.74) is 4.51. The Hall–Kier alpha value is -1.75. The van der Waals surface area contributed by atoms with Crippen LogP contribution in [-0.2, 0) is 16.0 Å². The number of rotatable bonds is 2. The molecule has 19 heavy (non-hydrogen) atoms. The van der Waals surface area contributed by atoms with Crippen molar-refractivity contribution in [1.82, 2.24) is 10.9 Å². The Bertz CT molecular complexity index is 469. The smallest absolute Gasteiger partial charge is 0.426 e. The number of carbonyl (C=O) groups excluding carboxylic acids is 2. The Balaban J connectivity index is 2.41. The normalized spacial score (nSPS) is 10.7. The summed E-state index contributed by atoms with van der Waals surface area (Å²) in [6, 6.07) is 7.01. The predicted molar refractivity (Wildman–Crippen MR) is 72.7 cm³/mol. The number of hydrogen-bond donors (Lipinski definition) is 2. The number of hydrazine groups is 1. The zero-order valence-corrected chi connectivity index (χ0v) is 11.9. The second-order valence-corrected chi connectivity index (χ2v) is 5.35. The fraction of sp³-hybridized carbons (Fsp3) is 0.385. The maximum Gasteiger partial charge on any atom is 0.426 e. The Morgan fingerprint density at radius 1 is 1.21 bits per heavy atom. The summed E-state index contributed by atoms with van der Waals surface area (Å²) in [5, 5.41) is 0.509. The summed E-state index contributed by atoms with van der Waals surface area (Å²) in [7, 11) is 0. The highest BCUT2D eigenvalue weighted by Crippen LogP contribution is 2.15. The first-order valence-electron chi connectivity index (χ1n) is 5.79. The van der Waals surface area contributed by atoms with E-state index in [1.165, 1.54) is 0 Å². The first-order valence-corrected chi connectivity index (χ1v) is 6.17. The molecular weight excluding hydrogens is 268 g/mol. The fourth-order valence-corrected chi connectivity index (χ4v) is 1.49. The molecule has 2 amide bonds. The lowest BCUT2D eigenvalue weighted by Crippen LogP contribution is -2.44. The number of carbonyl (C=O) groups is 2. The van der Waals surface area contributed by atoms with Gasteiger partial charge in [-0.05, 0) is 32.4 Å². The zero-order valence-electron chi connectivity index (χ0n) is 11.1. The van der Waals surface area contributed by atoms with Crippen LogP contribution < -0.4 is 10.9 Å². The van der Waals surface area contributed by atoms with Gasteiger partial charge in [-0.15, -0.1) is 0 Å². The molecule has 0 aliphatic carbocycles. The molecule has 0 unspecified atom stereocenters. The molecule has 0 saturated heterocycles. The molecule has 0 heterocycles. The molecule has 5 nitrogen and oxygen atoms in total. The Morgan fingerprint density at radius 2 is 1.84 bits per heavy atom. The lowest BCUT2D eigenvalue weighted by Gasteiger charge is -2.19. The van der Waals surface area contributed by atoms with Gasteiger partial charge in [-0.1, -0.05) is 29.8 Å². The highest BCUT2D eigenvalue weighted by molar-refractivity contribution is 6.31. The largest absolute Gasteiger partial charge is 0.443 e. The van der Waals surface area contributed by atoms with Gasteiger partial charge in [-0.2, -0.15) is 0 Å². The molecule has 0 aromatic heterocycles. The summed E-state index contributed by atoms with van der Waals surface area (Å²) in [5.74, 6) is -0.376. The molecule has 0 atom stereocenters. The third-order valence-electron chi connectivity index (χ3n) is 2.01. The van der Waals surface area contributed by atoms with Crippen LogP contribution in [0, 0.1) is 0 Å². The van der Waals surface area contributed by atoms with Crippen LogP contribution in [0.3, 0.4) is 0 Å². The number of amides is 2. The van der Waals surface area contributed by atoms with E-state index in [2.05, 4.69) is 10.9 Å². The van der Waals surface area contributed by atoms with E-state index in [1.54, 1.807) is 45.0 Å². The van der Waals surface area contributed by atoms with Crippen LogP contribution in [0.2, 0.25) is 5.02 Å². The second kappa shape index (κ2) is 6.43. The molecule has 0 fully saturated rings. The standard InChI is InChI=1S/C13H17ClN2O3/c1-13(2,3)19-12(18)16-15-11(17)8-9-6-4-5-7-10(9)14/h4-7H,8H2,1-3H3,(H,15,17)(H,16,18). The summed E-state index contributed by atoms with van der Waals surface area (Å²) in [6.07, 6.45) is -0.629. The number of ether oxygens (including phenoxy) is 1. The van der Waals surface area contributed by atoms with Gasteiger partial charge in [0.15, 0.2) is 0 Å². The van der Waals surface area contributed by atoms with Gasteiger partial charge in [0.1, 0.15) is 5.60 Å². The van der Waals surface area contributed by atoms with Crippen LogP contribution in [0.4, 0.5) is 4.79 Å². The molecule has 0 aliphatic rings. The number of benzene rings is 1. The number of nitrogens with one attached hydrogen (secondary N) is 2. The van der Waals surface area contributed by atoms with Crippen LogP contribution in [0.5, 0.6) is 0 Å². The quantitative estimate of drug-likeness (QED) is 0.820. The van der Waals surface area contributed by atoms with Gasteiger partial charge < -0.3 is 4.74 Å². The molecule has 1 aromatic carbocycles. The van der Waals surface area contributed by atoms with Crippen molar-refractivity contribution in [3.63, 3.8) is 0 Å². The van der Waals surface area contributed by atoms with E-state index in [0.29, 0.717) is 10.6 Å². The molecule has 1 rings (SSSR count). The van der Waals surface area contributed by atoms with Crippen molar-refractivity contribution < 1.29 is 14.3 Å². The molecule has 6 heteroatoms. The van der Waals surface area contributed by atoms with Crippen molar-refractivity contribution in [3.05, 3.63) is 34.9 Å². The predicted octanol–water partition coefficient (Wildman–Crippen LogP) is 2.44. The van der Waals surface area contributed by atoms with E-state index in [4.69, 9.17) is 16.3 Å². The van der Waals surface area contributed by atoms with Crippen molar-refractivity contribution in [3.8, 4) is 0 Å². The Kier molecular flexibility index (Phi) is 5.18. The van der Waals surface area contributed by atoms with Crippen molar-refractivity contribution in [2.75, 3.05) is 0 Å². The minimum absolute atomic E-state index is 0.0788. The molecule has 0 bridgehead atoms. The maximum absolute atomic E-state index is 11.6. The maximum atomic E-state index is 11.6. The van der Waals surface area contributed by atoms with Crippen molar-refractivity contribution >= 4 is 23.6 Å². The molecule has 2 N–H and O–H groups in total. The monoisotopic (exact) mass is 284 g/mol. The first kappa shape index (κ1) is 15.3. The van der Waals surface area contributed by atoms with Crippen LogP contribution in [0.25, 0.3) is 0 Å². The summed E-state index contributed by atoms with van der Waals surface area (Å²) in [4.78, 5) is 22.9. The van der Waals surface area contributed by atoms with Gasteiger partial charge in [0, 0.05) is 5.02 Å². The number of hydrogen-bond acceptors (Lipinski definition) is 3. The molecule has 0 radical (unpaired) electrons. The van der Waals surface area contributed by atoms with Crippen LogP contribution in [-0.4, -0.2) is 17.6 Å². The van der Waals surface area contributed by atoms with Gasteiger partial charge in [-0.3, -0.25) is 10.2 Å². The average molecular weight is 285 g/mol. The molecular formula is C13H17ClN2O3. The van der Waals surface area contributed by atoms with E-state index in [-0.39, 0.29) is 12.3 Å². The Morgan fingerprint density at radius 3 is 2.42 bits per heavy atom. The SMILES string of the molecule is CC(C)(C)OC(=O)NNC(=O)Cc1ccccc1Cl. The molecule has 104 valence electrons. The lowest BCUT2D eigenvalue weighted by molar-refractivity contribution is -0.121. The van der Waals surface area contributed by atoms with Crippen LogP contribution in [0.1, 0.15) is 26.3 Å². The average Bonchev–Trinajstić information content (AvgIpc) is 2.27. The third kappa shape index (κ3) is 6.10. The molecule has 0 aliphatic heterocycles. The van der Waals surface area contributed by atoms with E-state index < -0.39 is 11.7 Å². The number of halogens is 1. The minimum Gasteiger partial charge on any atom is -0.443 e. The Labute approximate surface area is 117 Å². The molecule has 0 spiro atoms. The van der Waals surface area contributed by atoms with Crippen LogP contribution in [0.15, 0.2) is 24.3 Å². The topological polar surface area (TPSA) is 67.4 Å². The van der Waals surface area contributed by atoms with Crippen LogP contribution >= 0.6 is 11.6 Å². The van der Waals surface area contributed by atoms with E-state index in [1.807, 2.05) is 0 Å².